The monoisotopic (exact) mass is 386 g/mol. The number of hydrogen-bond acceptors (Lipinski definition) is 6. The number of phenolic OH excluding ortho intramolecular Hbond substituents is 2. The average Bonchev–Trinajstić information content (AvgIpc) is 2.71. The summed E-state index contributed by atoms with van der Waals surface area (Å²) in [4.78, 5) is 24.8. The lowest BCUT2D eigenvalue weighted by molar-refractivity contribution is -0.132. The zero-order valence-corrected chi connectivity index (χ0v) is 16.4. The lowest BCUT2D eigenvalue weighted by Crippen LogP contribution is -2.22. The van der Waals surface area contributed by atoms with Gasteiger partial charge in [-0.05, 0) is 55.2 Å². The summed E-state index contributed by atoms with van der Waals surface area (Å²) in [5.74, 6) is -0.0746. The highest BCUT2D eigenvalue weighted by Crippen LogP contribution is 2.28. The maximum absolute atomic E-state index is 12.4. The molecule has 2 aromatic carbocycles. The molecule has 0 radical (unpaired) electrons. The van der Waals surface area contributed by atoms with Crippen LogP contribution in [0.3, 0.4) is 0 Å². The Kier molecular flexibility index (Phi) is 7.44. The summed E-state index contributed by atoms with van der Waals surface area (Å²) >= 11 is 0. The highest BCUT2D eigenvalue weighted by Gasteiger charge is 2.21. The molecule has 0 bridgehead atoms. The number of carbonyl (C=O) groups excluding carboxylic acids is 2. The van der Waals surface area contributed by atoms with E-state index in [1.807, 2.05) is 0 Å². The maximum atomic E-state index is 12.4. The zero-order chi connectivity index (χ0) is 20.7. The van der Waals surface area contributed by atoms with E-state index in [2.05, 4.69) is 0 Å². The third-order valence-corrected chi connectivity index (χ3v) is 4.77. The number of methoxy groups -OCH3 is 2. The van der Waals surface area contributed by atoms with Gasteiger partial charge in [0.15, 0.2) is 23.0 Å². The largest absolute Gasteiger partial charge is 0.504 e. The van der Waals surface area contributed by atoms with E-state index >= 15 is 0 Å². The van der Waals surface area contributed by atoms with Crippen molar-refractivity contribution in [1.29, 1.82) is 0 Å². The lowest BCUT2D eigenvalue weighted by Gasteiger charge is -2.11. The molecule has 0 unspecified atom stereocenters. The molecule has 2 rings (SSSR count). The van der Waals surface area contributed by atoms with Crippen LogP contribution in [0.1, 0.15) is 30.9 Å². The standard InChI is InChI=1S/C22H26O6/c1-14(17(23)8-4-15-6-10-19(25)21(12-15)27-2)18(24)9-5-16-7-11-20(26)22(13-16)28-3/h6-7,10-14,25-26H,4-5,8-9H2,1-3H3. The minimum absolute atomic E-state index is 0.0481. The Morgan fingerprint density at radius 2 is 1.21 bits per heavy atom. The van der Waals surface area contributed by atoms with Gasteiger partial charge in [-0.15, -0.1) is 0 Å². The van der Waals surface area contributed by atoms with Crippen LogP contribution in [0.25, 0.3) is 0 Å². The van der Waals surface area contributed by atoms with Crippen LogP contribution in [0.4, 0.5) is 0 Å². The molecule has 2 N–H and O–H groups in total. The summed E-state index contributed by atoms with van der Waals surface area (Å²) in [7, 11) is 2.93. The predicted octanol–water partition coefficient (Wildman–Crippen LogP) is 3.45. The highest BCUT2D eigenvalue weighted by molar-refractivity contribution is 6.02. The lowest BCUT2D eigenvalue weighted by atomic mass is 9.92. The molecule has 0 atom stereocenters. The molecule has 6 nitrogen and oxygen atoms in total. The van der Waals surface area contributed by atoms with Gasteiger partial charge in [-0.1, -0.05) is 12.1 Å². The molecule has 6 heteroatoms. The van der Waals surface area contributed by atoms with E-state index in [0.29, 0.717) is 24.3 Å². The maximum Gasteiger partial charge on any atom is 0.160 e. The summed E-state index contributed by atoms with van der Waals surface area (Å²) < 4.78 is 10.1. The van der Waals surface area contributed by atoms with Crippen LogP contribution in [-0.2, 0) is 22.4 Å². The van der Waals surface area contributed by atoms with Gasteiger partial charge in [0.25, 0.3) is 0 Å². The molecule has 0 fully saturated rings. The molecule has 2 aromatic rings. The first-order chi connectivity index (χ1) is 13.3. The number of hydrogen-bond donors (Lipinski definition) is 2. The van der Waals surface area contributed by atoms with E-state index < -0.39 is 5.92 Å². The van der Waals surface area contributed by atoms with Crippen molar-refractivity contribution < 1.29 is 29.3 Å². The molecule has 0 saturated carbocycles. The van der Waals surface area contributed by atoms with Crippen molar-refractivity contribution in [3.8, 4) is 23.0 Å². The second-order valence-electron chi connectivity index (χ2n) is 6.67. The first-order valence-corrected chi connectivity index (χ1v) is 9.13. The molecule has 28 heavy (non-hydrogen) atoms. The van der Waals surface area contributed by atoms with E-state index in [9.17, 15) is 19.8 Å². The normalized spacial score (nSPS) is 10.7. The van der Waals surface area contributed by atoms with Crippen molar-refractivity contribution in [3.05, 3.63) is 47.5 Å². The van der Waals surface area contributed by atoms with Gasteiger partial charge >= 0.3 is 0 Å². The van der Waals surface area contributed by atoms with Crippen LogP contribution < -0.4 is 9.47 Å². The number of aromatic hydroxyl groups is 2. The van der Waals surface area contributed by atoms with E-state index in [1.54, 1.807) is 31.2 Å². The quantitative estimate of drug-likeness (QED) is 0.608. The summed E-state index contributed by atoms with van der Waals surface area (Å²) in [5, 5.41) is 19.2. The van der Waals surface area contributed by atoms with Crippen molar-refractivity contribution in [2.24, 2.45) is 5.92 Å². The summed E-state index contributed by atoms with van der Waals surface area (Å²) in [5.41, 5.74) is 1.72. The van der Waals surface area contributed by atoms with Gasteiger partial charge < -0.3 is 19.7 Å². The minimum Gasteiger partial charge on any atom is -0.504 e. The van der Waals surface area contributed by atoms with Crippen molar-refractivity contribution in [2.45, 2.75) is 32.6 Å². The molecular formula is C22H26O6. The first-order valence-electron chi connectivity index (χ1n) is 9.13. The van der Waals surface area contributed by atoms with Crippen molar-refractivity contribution in [1.82, 2.24) is 0 Å². The average molecular weight is 386 g/mol. The molecule has 150 valence electrons. The van der Waals surface area contributed by atoms with Crippen molar-refractivity contribution >= 4 is 11.6 Å². The van der Waals surface area contributed by atoms with E-state index in [-0.39, 0.29) is 35.9 Å². The van der Waals surface area contributed by atoms with Crippen LogP contribution in [0.15, 0.2) is 36.4 Å². The number of Topliss-reactive ketones (excluding diaryl/α,β-unsaturated/α-hetero) is 2. The molecular weight excluding hydrogens is 360 g/mol. The summed E-state index contributed by atoms with van der Waals surface area (Å²) in [6.07, 6.45) is 1.44. The minimum atomic E-state index is -0.668. The molecule has 0 saturated heterocycles. The van der Waals surface area contributed by atoms with Gasteiger partial charge in [-0.2, -0.15) is 0 Å². The van der Waals surface area contributed by atoms with Crippen LogP contribution in [0.2, 0.25) is 0 Å². The Hall–Kier alpha value is -3.02. The molecule has 0 aliphatic heterocycles. The first kappa shape index (κ1) is 21.3. The molecule has 0 aromatic heterocycles. The fourth-order valence-corrected chi connectivity index (χ4v) is 2.90. The van der Waals surface area contributed by atoms with Crippen LogP contribution in [0, 0.1) is 5.92 Å². The van der Waals surface area contributed by atoms with E-state index in [1.165, 1.54) is 26.4 Å². The fourth-order valence-electron chi connectivity index (χ4n) is 2.90. The molecule has 0 aliphatic rings. The van der Waals surface area contributed by atoms with Gasteiger partial charge in [-0.25, -0.2) is 0 Å². The Morgan fingerprint density at radius 3 is 1.57 bits per heavy atom. The van der Waals surface area contributed by atoms with Crippen molar-refractivity contribution in [3.63, 3.8) is 0 Å². The van der Waals surface area contributed by atoms with Crippen LogP contribution in [0.5, 0.6) is 23.0 Å². The fraction of sp³-hybridized carbons (Fsp3) is 0.364. The topological polar surface area (TPSA) is 93.1 Å². The van der Waals surface area contributed by atoms with Gasteiger partial charge in [0, 0.05) is 12.8 Å². The van der Waals surface area contributed by atoms with Crippen molar-refractivity contribution in [2.75, 3.05) is 14.2 Å². The number of benzene rings is 2. The molecule has 0 spiro atoms. The van der Waals surface area contributed by atoms with E-state index in [4.69, 9.17) is 9.47 Å². The Balaban J connectivity index is 1.87. The van der Waals surface area contributed by atoms with Gasteiger partial charge in [0.2, 0.25) is 0 Å². The number of phenols is 2. The van der Waals surface area contributed by atoms with Gasteiger partial charge in [-0.3, -0.25) is 9.59 Å². The Labute approximate surface area is 164 Å². The van der Waals surface area contributed by atoms with Crippen LogP contribution in [-0.4, -0.2) is 36.0 Å². The van der Waals surface area contributed by atoms with Crippen LogP contribution >= 0.6 is 0 Å². The summed E-state index contributed by atoms with van der Waals surface area (Å²) in [6.45, 7) is 1.64. The second-order valence-corrected chi connectivity index (χ2v) is 6.67. The van der Waals surface area contributed by atoms with Gasteiger partial charge in [0.05, 0.1) is 20.1 Å². The number of ketones is 2. The number of aryl methyl sites for hydroxylation is 2. The predicted molar refractivity (Wildman–Crippen MR) is 105 cm³/mol. The second kappa shape index (κ2) is 9.78. The molecule has 0 aliphatic carbocycles. The number of rotatable bonds is 10. The zero-order valence-electron chi connectivity index (χ0n) is 16.4. The molecule has 0 heterocycles. The number of ether oxygens (including phenoxy) is 2. The Bertz CT molecular complexity index is 773. The third kappa shape index (κ3) is 5.49. The molecule has 0 amide bonds. The van der Waals surface area contributed by atoms with Gasteiger partial charge in [0.1, 0.15) is 11.6 Å². The SMILES string of the molecule is COc1cc(CCC(=O)C(C)C(=O)CCc2ccc(O)c(OC)c2)ccc1O. The highest BCUT2D eigenvalue weighted by atomic mass is 16.5. The smallest absolute Gasteiger partial charge is 0.160 e. The third-order valence-electron chi connectivity index (χ3n) is 4.77. The number of carbonyl (C=O) groups is 2. The Morgan fingerprint density at radius 1 is 0.821 bits per heavy atom. The van der Waals surface area contributed by atoms with E-state index in [0.717, 1.165) is 11.1 Å². The summed E-state index contributed by atoms with van der Waals surface area (Å²) in [6, 6.07) is 9.89.